The van der Waals surface area contributed by atoms with Gasteiger partial charge in [-0.05, 0) is 23.8 Å². The maximum atomic E-state index is 13.6. The zero-order valence-electron chi connectivity index (χ0n) is 10.5. The Hall–Kier alpha value is -1.79. The second-order valence-corrected chi connectivity index (χ2v) is 6.43. The van der Waals surface area contributed by atoms with Gasteiger partial charge in [0.2, 0.25) is 0 Å². The fourth-order valence-corrected chi connectivity index (χ4v) is 2.49. The van der Waals surface area contributed by atoms with Crippen LogP contribution < -0.4 is 0 Å². The largest absolute Gasteiger partial charge is 0.384 e. The highest BCUT2D eigenvalue weighted by Gasteiger charge is 2.17. The van der Waals surface area contributed by atoms with E-state index >= 15 is 0 Å². The molecule has 2 rings (SSSR count). The average molecular weight is 298 g/mol. The van der Waals surface area contributed by atoms with Crippen LogP contribution in [-0.2, 0) is 9.84 Å². The molecular weight excluding hydrogens is 286 g/mol. The van der Waals surface area contributed by atoms with Gasteiger partial charge in [-0.2, -0.15) is 0 Å². The van der Waals surface area contributed by atoms with Crippen molar-refractivity contribution in [1.82, 2.24) is 0 Å². The molecule has 2 aromatic rings. The summed E-state index contributed by atoms with van der Waals surface area (Å²) in [6, 6.07) is 8.40. The molecule has 1 N–H and O–H groups in total. The first kappa shape index (κ1) is 14.6. The van der Waals surface area contributed by atoms with Crippen LogP contribution in [0.4, 0.5) is 8.78 Å². The lowest BCUT2D eigenvalue weighted by atomic mass is 10.0. The van der Waals surface area contributed by atoms with Crippen molar-refractivity contribution in [2.24, 2.45) is 0 Å². The molecule has 0 saturated heterocycles. The molecule has 1 atom stereocenters. The molecule has 0 aliphatic rings. The molecule has 0 fully saturated rings. The Morgan fingerprint density at radius 1 is 1.10 bits per heavy atom. The highest BCUT2D eigenvalue weighted by Crippen LogP contribution is 2.26. The Morgan fingerprint density at radius 2 is 1.80 bits per heavy atom. The quantitative estimate of drug-likeness (QED) is 0.947. The fraction of sp³-hybridized carbons (Fsp3) is 0.143. The molecule has 6 heteroatoms. The lowest BCUT2D eigenvalue weighted by Crippen LogP contribution is -2.05. The maximum absolute atomic E-state index is 13.6. The van der Waals surface area contributed by atoms with Crippen LogP contribution >= 0.6 is 0 Å². The van der Waals surface area contributed by atoms with Gasteiger partial charge in [-0.3, -0.25) is 0 Å². The van der Waals surface area contributed by atoms with Gasteiger partial charge in [-0.1, -0.05) is 18.2 Å². The molecule has 0 aromatic heterocycles. The first-order valence-electron chi connectivity index (χ1n) is 5.72. The summed E-state index contributed by atoms with van der Waals surface area (Å²) in [6.07, 6.45) is -0.325. The van der Waals surface area contributed by atoms with E-state index in [1.165, 1.54) is 24.3 Å². The topological polar surface area (TPSA) is 54.4 Å². The van der Waals surface area contributed by atoms with Gasteiger partial charge in [0, 0.05) is 17.9 Å². The number of benzene rings is 2. The van der Waals surface area contributed by atoms with Crippen LogP contribution in [0.3, 0.4) is 0 Å². The fourth-order valence-electron chi connectivity index (χ4n) is 1.82. The first-order chi connectivity index (χ1) is 9.29. The molecule has 20 heavy (non-hydrogen) atoms. The molecule has 106 valence electrons. The summed E-state index contributed by atoms with van der Waals surface area (Å²) in [5.74, 6) is -1.63. The van der Waals surface area contributed by atoms with Crippen LogP contribution in [-0.4, -0.2) is 19.8 Å². The van der Waals surface area contributed by atoms with Crippen LogP contribution in [0, 0.1) is 11.6 Å². The van der Waals surface area contributed by atoms with Crippen molar-refractivity contribution in [3.8, 4) is 0 Å². The number of aliphatic hydroxyl groups is 1. The Kier molecular flexibility index (Phi) is 3.87. The van der Waals surface area contributed by atoms with Crippen molar-refractivity contribution in [3.05, 3.63) is 65.2 Å². The number of hydrogen-bond donors (Lipinski definition) is 1. The molecule has 0 spiro atoms. The van der Waals surface area contributed by atoms with Crippen molar-refractivity contribution in [3.63, 3.8) is 0 Å². The SMILES string of the molecule is CS(=O)(=O)c1cccc(C(O)c2ccc(F)cc2F)c1. The van der Waals surface area contributed by atoms with Gasteiger partial charge < -0.3 is 5.11 Å². The van der Waals surface area contributed by atoms with E-state index in [9.17, 15) is 22.3 Å². The van der Waals surface area contributed by atoms with E-state index < -0.39 is 27.6 Å². The maximum Gasteiger partial charge on any atom is 0.175 e. The summed E-state index contributed by atoms with van der Waals surface area (Å²) in [7, 11) is -3.42. The van der Waals surface area contributed by atoms with Crippen LogP contribution in [0.5, 0.6) is 0 Å². The second-order valence-electron chi connectivity index (χ2n) is 4.41. The molecule has 2 aromatic carbocycles. The number of rotatable bonds is 3. The third-order valence-electron chi connectivity index (χ3n) is 2.86. The van der Waals surface area contributed by atoms with E-state index in [1.807, 2.05) is 0 Å². The van der Waals surface area contributed by atoms with E-state index in [4.69, 9.17) is 0 Å². The summed E-state index contributed by atoms with van der Waals surface area (Å²) in [4.78, 5) is 0.0246. The lowest BCUT2D eigenvalue weighted by Gasteiger charge is -2.13. The molecule has 3 nitrogen and oxygen atoms in total. The predicted octanol–water partition coefficient (Wildman–Crippen LogP) is 2.45. The average Bonchev–Trinajstić information content (AvgIpc) is 2.37. The first-order valence-corrected chi connectivity index (χ1v) is 7.61. The molecule has 0 bridgehead atoms. The molecule has 0 aliphatic carbocycles. The normalized spacial score (nSPS) is 13.2. The Labute approximate surface area is 115 Å². The van der Waals surface area contributed by atoms with Gasteiger partial charge in [0.25, 0.3) is 0 Å². The Morgan fingerprint density at radius 3 is 2.40 bits per heavy atom. The van der Waals surface area contributed by atoms with Gasteiger partial charge in [0.15, 0.2) is 9.84 Å². The third kappa shape index (κ3) is 3.02. The Balaban J connectivity index is 2.46. The molecule has 0 saturated carbocycles. The van der Waals surface area contributed by atoms with Crippen molar-refractivity contribution >= 4 is 9.84 Å². The van der Waals surface area contributed by atoms with Gasteiger partial charge in [-0.25, -0.2) is 17.2 Å². The van der Waals surface area contributed by atoms with E-state index in [1.54, 1.807) is 0 Å². The smallest absolute Gasteiger partial charge is 0.175 e. The number of aliphatic hydroxyl groups excluding tert-OH is 1. The predicted molar refractivity (Wildman–Crippen MR) is 70.0 cm³/mol. The zero-order chi connectivity index (χ0) is 14.9. The minimum absolute atomic E-state index is 0.0246. The van der Waals surface area contributed by atoms with Crippen LogP contribution in [0.25, 0.3) is 0 Å². The molecular formula is C14H12F2O3S. The molecule has 0 amide bonds. The number of sulfone groups is 1. The summed E-state index contributed by atoms with van der Waals surface area (Å²) in [5, 5.41) is 10.1. The van der Waals surface area contributed by atoms with Crippen LogP contribution in [0.15, 0.2) is 47.4 Å². The highest BCUT2D eigenvalue weighted by atomic mass is 32.2. The number of hydrogen-bond acceptors (Lipinski definition) is 3. The Bertz CT molecular complexity index is 742. The van der Waals surface area contributed by atoms with Gasteiger partial charge >= 0.3 is 0 Å². The van der Waals surface area contributed by atoms with Crippen molar-refractivity contribution in [1.29, 1.82) is 0 Å². The molecule has 0 aliphatic heterocycles. The minimum atomic E-state index is -3.42. The summed E-state index contributed by atoms with van der Waals surface area (Å²) < 4.78 is 49.3. The van der Waals surface area contributed by atoms with Crippen molar-refractivity contribution in [2.45, 2.75) is 11.0 Å². The molecule has 1 unspecified atom stereocenters. The van der Waals surface area contributed by atoms with Crippen molar-refractivity contribution in [2.75, 3.05) is 6.26 Å². The second kappa shape index (κ2) is 5.30. The lowest BCUT2D eigenvalue weighted by molar-refractivity contribution is 0.214. The molecule has 0 heterocycles. The monoisotopic (exact) mass is 298 g/mol. The van der Waals surface area contributed by atoms with E-state index in [0.29, 0.717) is 6.07 Å². The number of halogens is 2. The van der Waals surface area contributed by atoms with E-state index in [2.05, 4.69) is 0 Å². The van der Waals surface area contributed by atoms with Crippen LogP contribution in [0.2, 0.25) is 0 Å². The van der Waals surface area contributed by atoms with E-state index in [-0.39, 0.29) is 16.0 Å². The standard InChI is InChI=1S/C14H12F2O3S/c1-20(18,19)11-4-2-3-9(7-11)14(17)12-6-5-10(15)8-13(12)16/h2-8,14,17H,1H3. The minimum Gasteiger partial charge on any atom is -0.384 e. The summed E-state index contributed by atoms with van der Waals surface area (Å²) >= 11 is 0. The third-order valence-corrected chi connectivity index (χ3v) is 3.97. The highest BCUT2D eigenvalue weighted by molar-refractivity contribution is 7.90. The van der Waals surface area contributed by atoms with Gasteiger partial charge in [0.1, 0.15) is 17.7 Å². The molecule has 0 radical (unpaired) electrons. The van der Waals surface area contributed by atoms with Crippen molar-refractivity contribution < 1.29 is 22.3 Å². The van der Waals surface area contributed by atoms with Gasteiger partial charge in [-0.15, -0.1) is 0 Å². The van der Waals surface area contributed by atoms with Crippen LogP contribution in [0.1, 0.15) is 17.2 Å². The summed E-state index contributed by atoms with van der Waals surface area (Å²) in [5.41, 5.74) is 0.107. The summed E-state index contributed by atoms with van der Waals surface area (Å²) in [6.45, 7) is 0. The van der Waals surface area contributed by atoms with Gasteiger partial charge in [0.05, 0.1) is 4.90 Å². The van der Waals surface area contributed by atoms with E-state index in [0.717, 1.165) is 18.4 Å². The zero-order valence-corrected chi connectivity index (χ0v) is 11.4.